The van der Waals surface area contributed by atoms with Crippen molar-refractivity contribution >= 4 is 0 Å². The molecule has 1 unspecified atom stereocenters. The van der Waals surface area contributed by atoms with E-state index in [9.17, 15) is 26.3 Å². The Morgan fingerprint density at radius 3 is 1.81 bits per heavy atom. The van der Waals surface area contributed by atoms with Crippen molar-refractivity contribution in [3.8, 4) is 0 Å². The molecule has 0 aromatic rings. The number of hydrogen-bond donors (Lipinski definition) is 1. The second kappa shape index (κ2) is 7.20. The summed E-state index contributed by atoms with van der Waals surface area (Å²) in [6.45, 7) is 3.87. The molecule has 1 atom stereocenters. The van der Waals surface area contributed by atoms with E-state index >= 15 is 0 Å². The molecule has 1 nitrogen and oxygen atoms in total. The third-order valence-electron chi connectivity index (χ3n) is 4.26. The summed E-state index contributed by atoms with van der Waals surface area (Å²) >= 11 is 0. The van der Waals surface area contributed by atoms with Crippen molar-refractivity contribution in [3.63, 3.8) is 0 Å². The maximum Gasteiger partial charge on any atom is 0.402 e. The monoisotopic (exact) mass is 319 g/mol. The number of nitrogens with one attached hydrogen (secondary N) is 1. The van der Waals surface area contributed by atoms with Gasteiger partial charge in [0, 0.05) is 6.04 Å². The summed E-state index contributed by atoms with van der Waals surface area (Å²) < 4.78 is 77.8. The van der Waals surface area contributed by atoms with E-state index < -0.39 is 30.2 Å². The van der Waals surface area contributed by atoms with Crippen LogP contribution < -0.4 is 5.32 Å². The van der Waals surface area contributed by atoms with E-state index in [1.165, 1.54) is 0 Å². The zero-order valence-corrected chi connectivity index (χ0v) is 12.3. The Bertz CT molecular complexity index is 290. The lowest BCUT2D eigenvalue weighted by atomic mass is 9.75. The Labute approximate surface area is 121 Å². The molecule has 1 aliphatic rings. The normalized spacial score (nSPS) is 26.1. The van der Waals surface area contributed by atoms with E-state index in [4.69, 9.17) is 0 Å². The van der Waals surface area contributed by atoms with Gasteiger partial charge in [0.1, 0.15) is 0 Å². The van der Waals surface area contributed by atoms with Crippen molar-refractivity contribution in [2.24, 2.45) is 17.8 Å². The highest BCUT2D eigenvalue weighted by atomic mass is 19.4. The molecule has 0 heterocycles. The van der Waals surface area contributed by atoms with E-state index in [1.54, 1.807) is 6.92 Å². The van der Waals surface area contributed by atoms with Crippen LogP contribution in [0.25, 0.3) is 0 Å². The van der Waals surface area contributed by atoms with Crippen LogP contribution in [0.4, 0.5) is 26.3 Å². The van der Waals surface area contributed by atoms with Crippen molar-refractivity contribution in [1.29, 1.82) is 0 Å². The molecule has 126 valence electrons. The summed E-state index contributed by atoms with van der Waals surface area (Å²) in [6.07, 6.45) is -7.81. The maximum absolute atomic E-state index is 13.0. The van der Waals surface area contributed by atoms with E-state index in [-0.39, 0.29) is 6.54 Å². The molecule has 7 heteroatoms. The van der Waals surface area contributed by atoms with Crippen LogP contribution in [0.2, 0.25) is 0 Å². The summed E-state index contributed by atoms with van der Waals surface area (Å²) in [6, 6.07) is -1.57. The first-order chi connectivity index (χ1) is 9.57. The number of hydrogen-bond acceptors (Lipinski definition) is 1. The number of alkyl halides is 6. The van der Waals surface area contributed by atoms with Gasteiger partial charge in [-0.05, 0) is 37.6 Å². The van der Waals surface area contributed by atoms with Crippen molar-refractivity contribution < 1.29 is 26.3 Å². The van der Waals surface area contributed by atoms with Gasteiger partial charge in [-0.15, -0.1) is 0 Å². The fraction of sp³-hybridized carbons (Fsp3) is 1.00. The van der Waals surface area contributed by atoms with E-state index in [1.807, 2.05) is 6.92 Å². The second-order valence-electron chi connectivity index (χ2n) is 6.06. The molecule has 1 fully saturated rings. The van der Waals surface area contributed by atoms with Gasteiger partial charge in [0.25, 0.3) is 0 Å². The number of halogens is 6. The maximum atomic E-state index is 13.0. The SMILES string of the molecule is CCCNC(C1CCC(C)CC1)C(C(F)(F)F)C(F)(F)F. The average Bonchev–Trinajstić information content (AvgIpc) is 2.32. The molecule has 21 heavy (non-hydrogen) atoms. The molecule has 0 radical (unpaired) electrons. The Hall–Kier alpha value is -0.460. The molecule has 1 aliphatic carbocycles. The fourth-order valence-corrected chi connectivity index (χ4v) is 3.11. The predicted octanol–water partition coefficient (Wildman–Crippen LogP) is 4.92. The summed E-state index contributed by atoms with van der Waals surface area (Å²) in [7, 11) is 0. The lowest BCUT2D eigenvalue weighted by Crippen LogP contribution is -2.55. The summed E-state index contributed by atoms with van der Waals surface area (Å²) in [4.78, 5) is 0. The lowest BCUT2D eigenvalue weighted by Gasteiger charge is -2.39. The van der Waals surface area contributed by atoms with Crippen LogP contribution in [-0.4, -0.2) is 24.9 Å². The van der Waals surface area contributed by atoms with Gasteiger partial charge in [0.2, 0.25) is 0 Å². The van der Waals surface area contributed by atoms with Gasteiger partial charge in [-0.25, -0.2) is 0 Å². The molecule has 0 aliphatic heterocycles. The minimum absolute atomic E-state index is 0.166. The molecule has 0 spiro atoms. The third-order valence-corrected chi connectivity index (χ3v) is 4.26. The van der Waals surface area contributed by atoms with Crippen LogP contribution in [0.1, 0.15) is 46.0 Å². The molecule has 0 saturated heterocycles. The molecule has 0 bridgehead atoms. The van der Waals surface area contributed by atoms with Crippen LogP contribution >= 0.6 is 0 Å². The highest BCUT2D eigenvalue weighted by Crippen LogP contribution is 2.45. The lowest BCUT2D eigenvalue weighted by molar-refractivity contribution is -0.295. The van der Waals surface area contributed by atoms with Crippen molar-refractivity contribution in [3.05, 3.63) is 0 Å². The Morgan fingerprint density at radius 2 is 1.43 bits per heavy atom. The van der Waals surface area contributed by atoms with Gasteiger partial charge in [-0.3, -0.25) is 0 Å². The van der Waals surface area contributed by atoms with Gasteiger partial charge in [-0.1, -0.05) is 26.7 Å². The van der Waals surface area contributed by atoms with Crippen molar-refractivity contribution in [2.75, 3.05) is 6.54 Å². The van der Waals surface area contributed by atoms with Crippen LogP contribution in [0.15, 0.2) is 0 Å². The van der Waals surface area contributed by atoms with E-state index in [0.29, 0.717) is 38.0 Å². The summed E-state index contributed by atoms with van der Waals surface area (Å²) in [5, 5.41) is 2.53. The molecule has 1 N–H and O–H groups in total. The van der Waals surface area contributed by atoms with Gasteiger partial charge in [0.15, 0.2) is 5.92 Å². The van der Waals surface area contributed by atoms with Gasteiger partial charge < -0.3 is 5.32 Å². The van der Waals surface area contributed by atoms with Gasteiger partial charge in [-0.2, -0.15) is 26.3 Å². The minimum atomic E-state index is -5.27. The highest BCUT2D eigenvalue weighted by Gasteiger charge is 2.61. The molecular weight excluding hydrogens is 296 g/mol. The van der Waals surface area contributed by atoms with Gasteiger partial charge in [0.05, 0.1) is 0 Å². The van der Waals surface area contributed by atoms with E-state index in [0.717, 1.165) is 0 Å². The van der Waals surface area contributed by atoms with Crippen LogP contribution in [0.5, 0.6) is 0 Å². The second-order valence-corrected chi connectivity index (χ2v) is 6.06. The zero-order valence-electron chi connectivity index (χ0n) is 12.3. The predicted molar refractivity (Wildman–Crippen MR) is 68.8 cm³/mol. The van der Waals surface area contributed by atoms with Gasteiger partial charge >= 0.3 is 12.4 Å². The number of rotatable bonds is 5. The Kier molecular flexibility index (Phi) is 6.37. The topological polar surface area (TPSA) is 12.0 Å². The highest BCUT2D eigenvalue weighted by molar-refractivity contribution is 4.92. The van der Waals surface area contributed by atoms with Crippen molar-refractivity contribution in [2.45, 2.75) is 64.3 Å². The smallest absolute Gasteiger partial charge is 0.313 e. The average molecular weight is 319 g/mol. The molecule has 1 rings (SSSR count). The zero-order chi connectivity index (χ0) is 16.3. The first-order valence-electron chi connectivity index (χ1n) is 7.44. The molecule has 0 aromatic heterocycles. The Morgan fingerprint density at radius 1 is 0.952 bits per heavy atom. The summed E-state index contributed by atoms with van der Waals surface area (Å²) in [5.74, 6) is -3.47. The largest absolute Gasteiger partial charge is 0.402 e. The Balaban J connectivity index is 2.97. The van der Waals surface area contributed by atoms with Crippen molar-refractivity contribution in [1.82, 2.24) is 5.32 Å². The quantitative estimate of drug-likeness (QED) is 0.709. The standard InChI is InChI=1S/C14H23F6N/c1-3-8-21-11(10-6-4-9(2)5-7-10)12(13(15,16)17)14(18,19)20/h9-12,21H,3-8H2,1-2H3. The van der Waals surface area contributed by atoms with Crippen LogP contribution in [-0.2, 0) is 0 Å². The molecule has 1 saturated carbocycles. The third kappa shape index (κ3) is 5.34. The minimum Gasteiger partial charge on any atom is -0.313 e. The molecular formula is C14H23F6N. The summed E-state index contributed by atoms with van der Waals surface area (Å²) in [5.41, 5.74) is 0. The first kappa shape index (κ1) is 18.6. The first-order valence-corrected chi connectivity index (χ1v) is 7.44. The fourth-order valence-electron chi connectivity index (χ4n) is 3.11. The van der Waals surface area contributed by atoms with E-state index in [2.05, 4.69) is 5.32 Å². The van der Waals surface area contributed by atoms with Crippen LogP contribution in [0.3, 0.4) is 0 Å². The molecule has 0 amide bonds. The molecule has 0 aromatic carbocycles. The van der Waals surface area contributed by atoms with Crippen LogP contribution in [0, 0.1) is 17.8 Å².